The van der Waals surface area contributed by atoms with Crippen molar-refractivity contribution in [3.63, 3.8) is 0 Å². The third-order valence-corrected chi connectivity index (χ3v) is 2.18. The first-order valence-corrected chi connectivity index (χ1v) is 5.43. The molecular weight excluding hydrogens is 200 g/mol. The minimum Gasteiger partial charge on any atom is -0.383 e. The number of aromatic nitrogens is 2. The highest BCUT2D eigenvalue weighted by Gasteiger charge is 2.05. The quantitative estimate of drug-likeness (QED) is 0.772. The van der Waals surface area contributed by atoms with Gasteiger partial charge in [-0.15, -0.1) is 0 Å². The third-order valence-electron chi connectivity index (χ3n) is 2.18. The smallest absolute Gasteiger partial charge is 0.224 e. The number of fused-ring (bicyclic) bond motifs is 1. The number of nitrogens with two attached hydrogens (primary N) is 1. The molecule has 0 atom stereocenters. The van der Waals surface area contributed by atoms with Gasteiger partial charge in [-0.05, 0) is 18.6 Å². The van der Waals surface area contributed by atoms with Crippen LogP contribution >= 0.6 is 0 Å². The summed E-state index contributed by atoms with van der Waals surface area (Å²) in [7, 11) is 1.77. The van der Waals surface area contributed by atoms with Crippen molar-refractivity contribution in [3.8, 4) is 0 Å². The summed E-state index contributed by atoms with van der Waals surface area (Å²) in [5.74, 6) is 1.08. The lowest BCUT2D eigenvalue weighted by atomic mass is 10.1. The van der Waals surface area contributed by atoms with Gasteiger partial charge in [0.15, 0.2) is 0 Å². The Balaban J connectivity index is 0.000000606. The molecule has 1 aromatic carbocycles. The summed E-state index contributed by atoms with van der Waals surface area (Å²) in [5.41, 5.74) is 7.82. The summed E-state index contributed by atoms with van der Waals surface area (Å²) in [6.07, 6.45) is 0. The van der Waals surface area contributed by atoms with E-state index in [2.05, 4.69) is 15.3 Å². The highest BCUT2D eigenvalue weighted by Crippen LogP contribution is 2.22. The number of hydrogen-bond acceptors (Lipinski definition) is 4. The average molecular weight is 218 g/mol. The zero-order chi connectivity index (χ0) is 12.1. The molecule has 1 aromatic heterocycles. The largest absolute Gasteiger partial charge is 0.383 e. The molecule has 0 aliphatic heterocycles. The number of aryl methyl sites for hydroxylation is 1. The SMILES string of the molecule is CC.CNc1nc(N)c2c(C)cccc2n1. The maximum atomic E-state index is 5.84. The van der Waals surface area contributed by atoms with Gasteiger partial charge in [-0.25, -0.2) is 4.98 Å². The van der Waals surface area contributed by atoms with Gasteiger partial charge < -0.3 is 11.1 Å². The van der Waals surface area contributed by atoms with Crippen LogP contribution in [0.2, 0.25) is 0 Å². The fraction of sp³-hybridized carbons (Fsp3) is 0.333. The predicted octanol–water partition coefficient (Wildman–Crippen LogP) is 2.59. The van der Waals surface area contributed by atoms with Crippen molar-refractivity contribution in [2.45, 2.75) is 20.8 Å². The average Bonchev–Trinajstić information content (AvgIpc) is 2.31. The van der Waals surface area contributed by atoms with E-state index in [-0.39, 0.29) is 0 Å². The molecule has 2 rings (SSSR count). The highest BCUT2D eigenvalue weighted by molar-refractivity contribution is 5.91. The minimum absolute atomic E-state index is 0.525. The second kappa shape index (κ2) is 5.30. The molecule has 3 N–H and O–H groups in total. The van der Waals surface area contributed by atoms with Crippen molar-refractivity contribution in [2.75, 3.05) is 18.1 Å². The van der Waals surface area contributed by atoms with Crippen LogP contribution in [-0.4, -0.2) is 17.0 Å². The number of nitrogen functional groups attached to an aromatic ring is 1. The van der Waals surface area contributed by atoms with Gasteiger partial charge in [-0.1, -0.05) is 26.0 Å². The van der Waals surface area contributed by atoms with Gasteiger partial charge in [0, 0.05) is 12.4 Å². The Bertz CT molecular complexity index is 480. The van der Waals surface area contributed by atoms with Crippen LogP contribution in [0.15, 0.2) is 18.2 Å². The van der Waals surface area contributed by atoms with Crippen LogP contribution < -0.4 is 11.1 Å². The van der Waals surface area contributed by atoms with E-state index in [1.54, 1.807) is 7.05 Å². The van der Waals surface area contributed by atoms with Gasteiger partial charge in [-0.3, -0.25) is 0 Å². The lowest BCUT2D eigenvalue weighted by Gasteiger charge is -2.06. The van der Waals surface area contributed by atoms with Gasteiger partial charge in [-0.2, -0.15) is 4.98 Å². The number of nitrogens with one attached hydrogen (secondary N) is 1. The molecule has 0 aliphatic carbocycles. The molecule has 86 valence electrons. The van der Waals surface area contributed by atoms with Crippen molar-refractivity contribution in [1.29, 1.82) is 0 Å². The molecule has 0 spiro atoms. The monoisotopic (exact) mass is 218 g/mol. The van der Waals surface area contributed by atoms with Crippen molar-refractivity contribution < 1.29 is 0 Å². The van der Waals surface area contributed by atoms with E-state index in [1.165, 1.54) is 0 Å². The molecule has 0 bridgehead atoms. The highest BCUT2D eigenvalue weighted by atomic mass is 15.1. The van der Waals surface area contributed by atoms with E-state index in [0.717, 1.165) is 16.5 Å². The molecule has 0 amide bonds. The molecule has 4 nitrogen and oxygen atoms in total. The predicted molar refractivity (Wildman–Crippen MR) is 69.6 cm³/mol. The van der Waals surface area contributed by atoms with Gasteiger partial charge in [0.2, 0.25) is 5.95 Å². The van der Waals surface area contributed by atoms with Gasteiger partial charge in [0.25, 0.3) is 0 Å². The number of anilines is 2. The Labute approximate surface area is 95.9 Å². The van der Waals surface area contributed by atoms with E-state index < -0.39 is 0 Å². The van der Waals surface area contributed by atoms with Gasteiger partial charge in [0.05, 0.1) is 5.52 Å². The second-order valence-electron chi connectivity index (χ2n) is 3.15. The lowest BCUT2D eigenvalue weighted by molar-refractivity contribution is 1.20. The van der Waals surface area contributed by atoms with Crippen LogP contribution in [-0.2, 0) is 0 Å². The van der Waals surface area contributed by atoms with Crippen LogP contribution in [0.4, 0.5) is 11.8 Å². The number of nitrogens with zero attached hydrogens (tertiary/aromatic N) is 2. The Kier molecular flexibility index (Phi) is 4.05. The van der Waals surface area contributed by atoms with Crippen molar-refractivity contribution in [1.82, 2.24) is 9.97 Å². The van der Waals surface area contributed by atoms with E-state index in [1.807, 2.05) is 39.0 Å². The molecule has 0 unspecified atom stereocenters. The summed E-state index contributed by atoms with van der Waals surface area (Å²) in [5, 5.41) is 3.81. The van der Waals surface area contributed by atoms with E-state index >= 15 is 0 Å². The maximum Gasteiger partial charge on any atom is 0.224 e. The first kappa shape index (κ1) is 12.2. The standard InChI is InChI=1S/C10H12N4.C2H6/c1-6-4-3-5-7-8(6)9(11)14-10(12-2)13-7;1-2/h3-5H,1-2H3,(H3,11,12,13,14);1-2H3. The third kappa shape index (κ3) is 2.21. The topological polar surface area (TPSA) is 63.8 Å². The minimum atomic E-state index is 0.525. The number of benzene rings is 1. The molecule has 2 aromatic rings. The first-order valence-electron chi connectivity index (χ1n) is 5.43. The molecule has 0 aliphatic rings. The van der Waals surface area contributed by atoms with Crippen LogP contribution in [0.1, 0.15) is 19.4 Å². The zero-order valence-corrected chi connectivity index (χ0v) is 10.2. The van der Waals surface area contributed by atoms with Crippen molar-refractivity contribution in [2.24, 2.45) is 0 Å². The molecule has 0 radical (unpaired) electrons. The van der Waals surface area contributed by atoms with E-state index in [4.69, 9.17) is 5.73 Å². The fourth-order valence-corrected chi connectivity index (χ4v) is 1.50. The summed E-state index contributed by atoms with van der Waals surface area (Å²) < 4.78 is 0. The molecular formula is C12H18N4. The zero-order valence-electron chi connectivity index (χ0n) is 10.2. The molecule has 1 heterocycles. The second-order valence-corrected chi connectivity index (χ2v) is 3.15. The molecule has 4 heteroatoms. The van der Waals surface area contributed by atoms with Crippen LogP contribution in [0.25, 0.3) is 10.9 Å². The van der Waals surface area contributed by atoms with Crippen LogP contribution in [0, 0.1) is 6.92 Å². The summed E-state index contributed by atoms with van der Waals surface area (Å²) in [4.78, 5) is 8.45. The number of rotatable bonds is 1. The molecule has 0 saturated carbocycles. The summed E-state index contributed by atoms with van der Waals surface area (Å²) >= 11 is 0. The van der Waals surface area contributed by atoms with Crippen molar-refractivity contribution in [3.05, 3.63) is 23.8 Å². The molecule has 0 saturated heterocycles. The Hall–Kier alpha value is -1.84. The maximum absolute atomic E-state index is 5.84. The van der Waals surface area contributed by atoms with Gasteiger partial charge >= 0.3 is 0 Å². The lowest BCUT2D eigenvalue weighted by Crippen LogP contribution is -2.01. The Morgan fingerprint density at radius 2 is 1.88 bits per heavy atom. The van der Waals surface area contributed by atoms with Crippen LogP contribution in [0.5, 0.6) is 0 Å². The van der Waals surface area contributed by atoms with Crippen LogP contribution in [0.3, 0.4) is 0 Å². The number of hydrogen-bond donors (Lipinski definition) is 2. The van der Waals surface area contributed by atoms with Crippen molar-refractivity contribution >= 4 is 22.7 Å². The normalized spacial score (nSPS) is 9.50. The Morgan fingerprint density at radius 3 is 2.50 bits per heavy atom. The summed E-state index contributed by atoms with van der Waals surface area (Å²) in [6.45, 7) is 6.00. The molecule has 0 fully saturated rings. The first-order chi connectivity index (χ1) is 7.72. The fourth-order valence-electron chi connectivity index (χ4n) is 1.50. The van der Waals surface area contributed by atoms with Gasteiger partial charge in [0.1, 0.15) is 5.82 Å². The van der Waals surface area contributed by atoms with E-state index in [9.17, 15) is 0 Å². The van der Waals surface area contributed by atoms with E-state index in [0.29, 0.717) is 11.8 Å². The Morgan fingerprint density at radius 1 is 1.19 bits per heavy atom. The summed E-state index contributed by atoms with van der Waals surface area (Å²) in [6, 6.07) is 5.89. The molecule has 16 heavy (non-hydrogen) atoms.